The van der Waals surface area contributed by atoms with Crippen molar-refractivity contribution in [3.63, 3.8) is 0 Å². The van der Waals surface area contributed by atoms with E-state index in [4.69, 9.17) is 4.74 Å². The van der Waals surface area contributed by atoms with E-state index in [2.05, 4.69) is 30.1 Å². The number of piperidine rings is 1. The van der Waals surface area contributed by atoms with E-state index in [9.17, 15) is 4.79 Å². The Bertz CT molecular complexity index is 928. The highest BCUT2D eigenvalue weighted by Gasteiger charge is 2.40. The van der Waals surface area contributed by atoms with Crippen LogP contribution in [0.1, 0.15) is 36.0 Å². The normalized spacial score (nSPS) is 25.7. The van der Waals surface area contributed by atoms with Crippen molar-refractivity contribution in [2.24, 2.45) is 0 Å². The third kappa shape index (κ3) is 2.50. The van der Waals surface area contributed by atoms with Crippen LogP contribution < -0.4 is 0 Å². The Morgan fingerprint density at radius 3 is 2.04 bits per heavy atom. The molecule has 2 aliphatic heterocycles. The Balaban J connectivity index is 1.54. The van der Waals surface area contributed by atoms with Gasteiger partial charge in [0.1, 0.15) is 6.10 Å². The lowest BCUT2D eigenvalue weighted by Crippen LogP contribution is -2.43. The predicted molar refractivity (Wildman–Crippen MR) is 104 cm³/mol. The lowest BCUT2D eigenvalue weighted by Gasteiger charge is -2.35. The first-order chi connectivity index (χ1) is 12.7. The zero-order chi connectivity index (χ0) is 17.7. The van der Waals surface area contributed by atoms with Gasteiger partial charge in [-0.2, -0.15) is 0 Å². The lowest BCUT2D eigenvalue weighted by atomic mass is 9.96. The fourth-order valence-electron chi connectivity index (χ4n) is 4.90. The summed E-state index contributed by atoms with van der Waals surface area (Å²) in [5, 5.41) is 4.13. The maximum Gasteiger partial charge on any atom is 0.339 e. The van der Waals surface area contributed by atoms with Crippen LogP contribution in [0.2, 0.25) is 0 Å². The van der Waals surface area contributed by atoms with Crippen molar-refractivity contribution < 1.29 is 9.53 Å². The van der Waals surface area contributed by atoms with E-state index >= 15 is 0 Å². The number of fused-ring (bicyclic) bond motifs is 4. The molecule has 2 atom stereocenters. The minimum absolute atomic E-state index is 0.0360. The van der Waals surface area contributed by atoms with Crippen molar-refractivity contribution in [1.29, 1.82) is 0 Å². The van der Waals surface area contributed by atoms with Crippen molar-refractivity contribution >= 4 is 27.5 Å². The van der Waals surface area contributed by atoms with E-state index in [1.807, 2.05) is 36.4 Å². The number of carbonyl (C=O) groups excluding carboxylic acids is 1. The summed E-state index contributed by atoms with van der Waals surface area (Å²) >= 11 is 0. The third-order valence-corrected chi connectivity index (χ3v) is 6.30. The van der Waals surface area contributed by atoms with E-state index in [1.165, 1.54) is 12.8 Å². The van der Waals surface area contributed by atoms with Crippen molar-refractivity contribution in [2.75, 3.05) is 7.05 Å². The molecule has 2 saturated heterocycles. The van der Waals surface area contributed by atoms with Crippen molar-refractivity contribution in [1.82, 2.24) is 4.90 Å². The van der Waals surface area contributed by atoms with Gasteiger partial charge in [-0.05, 0) is 47.5 Å². The molecule has 26 heavy (non-hydrogen) atoms. The Kier molecular flexibility index (Phi) is 3.71. The van der Waals surface area contributed by atoms with E-state index in [0.29, 0.717) is 17.6 Å². The summed E-state index contributed by atoms with van der Waals surface area (Å²) in [7, 11) is 2.21. The summed E-state index contributed by atoms with van der Waals surface area (Å²) in [5.41, 5.74) is 0.713. The highest BCUT2D eigenvalue weighted by Crippen LogP contribution is 2.36. The largest absolute Gasteiger partial charge is 0.459 e. The lowest BCUT2D eigenvalue weighted by molar-refractivity contribution is -0.0000824. The molecular formula is C23H23NO2. The molecule has 0 saturated carbocycles. The van der Waals surface area contributed by atoms with Crippen molar-refractivity contribution in [3.05, 3.63) is 60.2 Å². The molecule has 0 N–H and O–H groups in total. The van der Waals surface area contributed by atoms with Crippen LogP contribution in [-0.4, -0.2) is 36.1 Å². The smallest absolute Gasteiger partial charge is 0.339 e. The molecule has 2 fully saturated rings. The van der Waals surface area contributed by atoms with Crippen molar-refractivity contribution in [2.45, 2.75) is 43.9 Å². The average Bonchev–Trinajstić information content (AvgIpc) is 2.87. The summed E-state index contributed by atoms with van der Waals surface area (Å²) in [5.74, 6) is -0.174. The Morgan fingerprint density at radius 2 is 1.46 bits per heavy atom. The van der Waals surface area contributed by atoms with Gasteiger partial charge >= 0.3 is 5.97 Å². The van der Waals surface area contributed by atoms with Crippen molar-refractivity contribution in [3.8, 4) is 0 Å². The highest BCUT2D eigenvalue weighted by atomic mass is 16.5. The quantitative estimate of drug-likeness (QED) is 0.495. The van der Waals surface area contributed by atoms with Gasteiger partial charge in [0.05, 0.1) is 5.56 Å². The number of hydrogen-bond acceptors (Lipinski definition) is 3. The molecule has 3 aromatic carbocycles. The molecule has 2 aliphatic rings. The molecule has 3 nitrogen and oxygen atoms in total. The molecule has 2 bridgehead atoms. The van der Waals surface area contributed by atoms with Crippen LogP contribution in [0.3, 0.4) is 0 Å². The Labute approximate surface area is 153 Å². The molecular weight excluding hydrogens is 322 g/mol. The molecule has 0 aliphatic carbocycles. The maximum absolute atomic E-state index is 13.2. The van der Waals surface area contributed by atoms with Gasteiger partial charge < -0.3 is 9.64 Å². The van der Waals surface area contributed by atoms with E-state index < -0.39 is 0 Å². The van der Waals surface area contributed by atoms with Gasteiger partial charge in [0, 0.05) is 24.9 Å². The number of esters is 1. The first kappa shape index (κ1) is 15.8. The highest BCUT2D eigenvalue weighted by molar-refractivity contribution is 6.16. The first-order valence-electron chi connectivity index (χ1n) is 9.54. The number of benzene rings is 3. The molecule has 2 heterocycles. The van der Waals surface area contributed by atoms with Gasteiger partial charge in [-0.25, -0.2) is 4.79 Å². The first-order valence-corrected chi connectivity index (χ1v) is 9.54. The van der Waals surface area contributed by atoms with Crippen LogP contribution in [0.25, 0.3) is 21.5 Å². The molecule has 0 spiro atoms. The second-order valence-electron chi connectivity index (χ2n) is 7.74. The van der Waals surface area contributed by atoms with Crippen LogP contribution in [0.5, 0.6) is 0 Å². The third-order valence-electron chi connectivity index (χ3n) is 6.30. The molecule has 5 rings (SSSR count). The van der Waals surface area contributed by atoms with Gasteiger partial charge in [0.15, 0.2) is 0 Å². The number of ether oxygens (including phenoxy) is 1. The maximum atomic E-state index is 13.2. The topological polar surface area (TPSA) is 29.5 Å². The van der Waals surface area contributed by atoms with E-state index in [1.54, 1.807) is 0 Å². The Hall–Kier alpha value is -2.39. The molecule has 132 valence electrons. The van der Waals surface area contributed by atoms with Gasteiger partial charge in [-0.3, -0.25) is 0 Å². The minimum atomic E-state index is -0.174. The predicted octanol–water partition coefficient (Wildman–Crippen LogP) is 4.78. The number of carbonyl (C=O) groups is 1. The second kappa shape index (κ2) is 6.10. The molecule has 0 amide bonds. The Morgan fingerprint density at radius 1 is 0.923 bits per heavy atom. The summed E-state index contributed by atoms with van der Waals surface area (Å²) in [4.78, 5) is 15.7. The zero-order valence-electron chi connectivity index (χ0n) is 15.0. The molecule has 3 aromatic rings. The molecule has 2 unspecified atom stereocenters. The van der Waals surface area contributed by atoms with Crippen LogP contribution in [-0.2, 0) is 4.74 Å². The van der Waals surface area contributed by atoms with Crippen LogP contribution in [0.4, 0.5) is 0 Å². The summed E-state index contributed by atoms with van der Waals surface area (Å²) in [6.07, 6.45) is 4.41. The van der Waals surface area contributed by atoms with E-state index in [0.717, 1.165) is 34.4 Å². The molecule has 3 heteroatoms. The summed E-state index contributed by atoms with van der Waals surface area (Å²) < 4.78 is 6.06. The zero-order valence-corrected chi connectivity index (χ0v) is 15.0. The van der Waals surface area contributed by atoms with Gasteiger partial charge in [0.2, 0.25) is 0 Å². The standard InChI is InChI=1S/C23H23NO2/c1-24-17-10-11-18(24)14-19(13-17)26-23(25)22-20-8-4-2-6-15(20)12-16-7-3-5-9-21(16)22/h2-9,12,17-19H,10-11,13-14H2,1H3. The fourth-order valence-corrected chi connectivity index (χ4v) is 4.90. The summed E-state index contributed by atoms with van der Waals surface area (Å²) in [6, 6.07) is 19.5. The van der Waals surface area contributed by atoms with E-state index in [-0.39, 0.29) is 12.1 Å². The second-order valence-corrected chi connectivity index (χ2v) is 7.74. The fraction of sp³-hybridized carbons (Fsp3) is 0.348. The SMILES string of the molecule is CN1C2CCC1CC(OC(=O)c1c3ccccc3cc3ccccc13)C2. The number of nitrogens with zero attached hydrogens (tertiary/aromatic N) is 1. The summed E-state index contributed by atoms with van der Waals surface area (Å²) in [6.45, 7) is 0. The van der Waals surface area contributed by atoms with Crippen LogP contribution in [0, 0.1) is 0 Å². The van der Waals surface area contributed by atoms with Gasteiger partial charge in [0.25, 0.3) is 0 Å². The van der Waals surface area contributed by atoms with Crippen LogP contribution >= 0.6 is 0 Å². The molecule has 0 aromatic heterocycles. The monoisotopic (exact) mass is 345 g/mol. The van der Waals surface area contributed by atoms with Crippen LogP contribution in [0.15, 0.2) is 54.6 Å². The minimum Gasteiger partial charge on any atom is -0.459 e. The number of rotatable bonds is 2. The number of hydrogen-bond donors (Lipinski definition) is 0. The van der Waals surface area contributed by atoms with Gasteiger partial charge in [-0.15, -0.1) is 0 Å². The average molecular weight is 345 g/mol. The van der Waals surface area contributed by atoms with Gasteiger partial charge in [-0.1, -0.05) is 48.5 Å². The molecule has 0 radical (unpaired) electrons.